The van der Waals surface area contributed by atoms with E-state index in [2.05, 4.69) is 25.1 Å². The van der Waals surface area contributed by atoms with E-state index < -0.39 is 10.8 Å². The van der Waals surface area contributed by atoms with Crippen molar-refractivity contribution in [1.29, 1.82) is 0 Å². The van der Waals surface area contributed by atoms with Crippen LogP contribution in [0.25, 0.3) is 22.4 Å². The zero-order valence-electron chi connectivity index (χ0n) is 17.2. The van der Waals surface area contributed by atoms with Gasteiger partial charge in [-0.15, -0.1) is 0 Å². The lowest BCUT2D eigenvalue weighted by Crippen LogP contribution is -2.45. The summed E-state index contributed by atoms with van der Waals surface area (Å²) in [4.78, 5) is 28.6. The lowest BCUT2D eigenvalue weighted by molar-refractivity contribution is 0.423. The maximum atomic E-state index is 13.5. The number of hydrogen-bond donors (Lipinski definition) is 1. The van der Waals surface area contributed by atoms with Crippen LogP contribution in [0.5, 0.6) is 0 Å². The third-order valence-electron chi connectivity index (χ3n) is 5.72. The lowest BCUT2D eigenvalue weighted by atomic mass is 10.0. The minimum absolute atomic E-state index is 0.278. The molecule has 166 valence electrons. The minimum atomic E-state index is -1.31. The zero-order chi connectivity index (χ0) is 22.7. The molecule has 1 N–H and O–H groups in total. The molecule has 5 aromatic rings. The van der Waals surface area contributed by atoms with Gasteiger partial charge in [0, 0.05) is 25.2 Å². The molecule has 0 aromatic carbocycles. The van der Waals surface area contributed by atoms with Gasteiger partial charge >= 0.3 is 0 Å². The molecule has 0 spiro atoms. The number of rotatable bonds is 4. The van der Waals surface area contributed by atoms with E-state index in [1.54, 1.807) is 36.8 Å². The third kappa shape index (κ3) is 2.98. The number of fused-ring (bicyclic) bond motifs is 2. The molecule has 5 aromatic heterocycles. The van der Waals surface area contributed by atoms with Gasteiger partial charge in [-0.25, -0.2) is 24.0 Å². The van der Waals surface area contributed by atoms with Crippen LogP contribution in [0.4, 0.5) is 5.82 Å². The lowest BCUT2D eigenvalue weighted by Gasteiger charge is -2.41. The molecule has 2 atom stereocenters. The third-order valence-corrected chi connectivity index (χ3v) is 6.89. The Balaban J connectivity index is 1.57. The van der Waals surface area contributed by atoms with E-state index in [-0.39, 0.29) is 17.1 Å². The molecule has 1 aliphatic rings. The van der Waals surface area contributed by atoms with Crippen LogP contribution in [-0.4, -0.2) is 56.3 Å². The van der Waals surface area contributed by atoms with Crippen LogP contribution in [-0.2, 0) is 10.8 Å². The van der Waals surface area contributed by atoms with Crippen molar-refractivity contribution in [2.24, 2.45) is 0 Å². The van der Waals surface area contributed by atoms with Gasteiger partial charge < -0.3 is 4.90 Å². The SMILES string of the molecule is CS(=O)c1[nH]nc2ncnc(N3CC[C@H]3c3nn4ccc(Cl)c4c(=O)n3-c3ccccn3)c12. The number of aromatic amines is 1. The highest BCUT2D eigenvalue weighted by Gasteiger charge is 2.37. The molecule has 1 saturated heterocycles. The monoisotopic (exact) mass is 481 g/mol. The Kier molecular flexibility index (Phi) is 4.52. The second kappa shape index (κ2) is 7.46. The minimum Gasteiger partial charge on any atom is -0.345 e. The molecule has 0 radical (unpaired) electrons. The second-order valence-corrected chi connectivity index (χ2v) is 9.27. The summed E-state index contributed by atoms with van der Waals surface area (Å²) in [7, 11) is -1.31. The molecule has 0 aliphatic carbocycles. The fraction of sp³-hybridized carbons (Fsp3) is 0.200. The Hall–Kier alpha value is -3.64. The van der Waals surface area contributed by atoms with Crippen LogP contribution in [0, 0.1) is 0 Å². The number of halogens is 1. The first-order valence-corrected chi connectivity index (χ1v) is 12.0. The van der Waals surface area contributed by atoms with Gasteiger partial charge in [0.05, 0.1) is 27.3 Å². The Morgan fingerprint density at radius 2 is 2.09 bits per heavy atom. The van der Waals surface area contributed by atoms with Gasteiger partial charge in [-0.3, -0.25) is 14.1 Å². The summed E-state index contributed by atoms with van der Waals surface area (Å²) in [6.07, 6.45) is 7.00. The van der Waals surface area contributed by atoms with Gasteiger partial charge in [0.25, 0.3) is 5.56 Å². The van der Waals surface area contributed by atoms with Crippen LogP contribution < -0.4 is 10.5 Å². The topological polar surface area (TPSA) is 127 Å². The predicted octanol–water partition coefficient (Wildman–Crippen LogP) is 1.89. The molecular formula is C20H16ClN9O2S. The van der Waals surface area contributed by atoms with Gasteiger partial charge in [0.2, 0.25) is 0 Å². The number of nitrogens with zero attached hydrogens (tertiary/aromatic N) is 8. The first kappa shape index (κ1) is 20.0. The van der Waals surface area contributed by atoms with Crippen LogP contribution in [0.1, 0.15) is 18.3 Å². The van der Waals surface area contributed by atoms with Crippen LogP contribution >= 0.6 is 11.6 Å². The Morgan fingerprint density at radius 1 is 1.21 bits per heavy atom. The van der Waals surface area contributed by atoms with Gasteiger partial charge in [0.15, 0.2) is 11.5 Å². The fourth-order valence-electron chi connectivity index (χ4n) is 4.12. The summed E-state index contributed by atoms with van der Waals surface area (Å²) in [6, 6.07) is 6.70. The van der Waals surface area contributed by atoms with Crippen molar-refractivity contribution < 1.29 is 4.21 Å². The van der Waals surface area contributed by atoms with Crippen molar-refractivity contribution in [3.8, 4) is 5.82 Å². The van der Waals surface area contributed by atoms with Crippen molar-refractivity contribution in [3.05, 3.63) is 64.2 Å². The molecule has 0 bridgehead atoms. The summed E-state index contributed by atoms with van der Waals surface area (Å²) in [5.74, 6) is 1.53. The molecule has 6 heterocycles. The van der Waals surface area contributed by atoms with Crippen molar-refractivity contribution >= 4 is 44.8 Å². The van der Waals surface area contributed by atoms with Crippen LogP contribution in [0.3, 0.4) is 0 Å². The highest BCUT2D eigenvalue weighted by molar-refractivity contribution is 7.84. The molecular weight excluding hydrogens is 466 g/mol. The molecule has 13 heteroatoms. The van der Waals surface area contributed by atoms with E-state index in [0.717, 1.165) is 6.42 Å². The summed E-state index contributed by atoms with van der Waals surface area (Å²) in [5.41, 5.74) is 0.394. The predicted molar refractivity (Wildman–Crippen MR) is 122 cm³/mol. The van der Waals surface area contributed by atoms with Gasteiger partial charge in [-0.05, 0) is 24.6 Å². The van der Waals surface area contributed by atoms with Gasteiger partial charge in [-0.2, -0.15) is 10.2 Å². The van der Waals surface area contributed by atoms with Crippen molar-refractivity contribution in [2.45, 2.75) is 17.5 Å². The van der Waals surface area contributed by atoms with Gasteiger partial charge in [0.1, 0.15) is 28.5 Å². The number of nitrogens with one attached hydrogen (secondary N) is 1. The first-order valence-electron chi connectivity index (χ1n) is 10.0. The maximum Gasteiger partial charge on any atom is 0.285 e. The Morgan fingerprint density at radius 3 is 2.82 bits per heavy atom. The van der Waals surface area contributed by atoms with E-state index in [0.29, 0.717) is 45.1 Å². The molecule has 1 aliphatic heterocycles. The Bertz CT molecular complexity index is 1610. The van der Waals surface area contributed by atoms with E-state index in [1.807, 2.05) is 11.0 Å². The number of anilines is 1. The molecule has 11 nitrogen and oxygen atoms in total. The van der Waals surface area contributed by atoms with E-state index in [4.69, 9.17) is 16.7 Å². The smallest absolute Gasteiger partial charge is 0.285 e. The Labute approximate surface area is 193 Å². The quantitative estimate of drug-likeness (QED) is 0.412. The van der Waals surface area contributed by atoms with E-state index in [9.17, 15) is 9.00 Å². The second-order valence-electron chi connectivity index (χ2n) is 7.54. The van der Waals surface area contributed by atoms with Crippen LogP contribution in [0.2, 0.25) is 5.02 Å². The molecule has 0 amide bonds. The maximum absolute atomic E-state index is 13.5. The molecule has 0 saturated carbocycles. The summed E-state index contributed by atoms with van der Waals surface area (Å²) in [6.45, 7) is 0.667. The molecule has 33 heavy (non-hydrogen) atoms. The van der Waals surface area contributed by atoms with Crippen molar-refractivity contribution in [1.82, 2.24) is 39.3 Å². The number of aromatic nitrogens is 8. The van der Waals surface area contributed by atoms with E-state index >= 15 is 0 Å². The molecule has 1 unspecified atom stereocenters. The highest BCUT2D eigenvalue weighted by Crippen LogP contribution is 2.39. The highest BCUT2D eigenvalue weighted by atomic mass is 35.5. The largest absolute Gasteiger partial charge is 0.345 e. The van der Waals surface area contributed by atoms with Gasteiger partial charge in [-0.1, -0.05) is 17.7 Å². The summed E-state index contributed by atoms with van der Waals surface area (Å²) >= 11 is 6.28. The average molecular weight is 482 g/mol. The van der Waals surface area contributed by atoms with Crippen molar-refractivity contribution in [3.63, 3.8) is 0 Å². The fourth-order valence-corrected chi connectivity index (χ4v) is 4.99. The molecule has 6 rings (SSSR count). The van der Waals surface area contributed by atoms with Crippen LogP contribution in [0.15, 0.2) is 52.8 Å². The van der Waals surface area contributed by atoms with Crippen molar-refractivity contribution in [2.75, 3.05) is 17.7 Å². The zero-order valence-corrected chi connectivity index (χ0v) is 18.8. The summed E-state index contributed by atoms with van der Waals surface area (Å²) in [5, 5.41) is 13.1. The molecule has 1 fully saturated rings. The number of hydrogen-bond acceptors (Lipinski definition) is 8. The van der Waals surface area contributed by atoms with E-state index in [1.165, 1.54) is 15.4 Å². The summed E-state index contributed by atoms with van der Waals surface area (Å²) < 4.78 is 15.3. The number of H-pyrrole nitrogens is 1. The standard InChI is InChI=1S/C20H16ClN9O2S/c1-33(32)19-14-16(25-26-19)23-10-24-18(14)28-8-6-12(28)17-27-29-9-5-11(21)15(29)20(31)30(17)13-4-2-3-7-22-13/h2-5,7,9-10,12H,6,8H2,1H3,(H,23,24,25,26)/t12-,33?/m0/s1. The number of pyridine rings is 1. The average Bonchev–Trinajstić information content (AvgIpc) is 3.38. The normalized spacial score (nSPS) is 16.9. The first-order chi connectivity index (χ1) is 16.0.